The van der Waals surface area contributed by atoms with Crippen LogP contribution in [0.2, 0.25) is 0 Å². The van der Waals surface area contributed by atoms with Gasteiger partial charge in [0.25, 0.3) is 0 Å². The number of benzene rings is 2. The fraction of sp³-hybridized carbons (Fsp3) is 0.519. The molecule has 5 rings (SSSR count). The van der Waals surface area contributed by atoms with E-state index in [1.165, 1.54) is 13.0 Å². The minimum Gasteiger partial charge on any atom is -0.508 e. The van der Waals surface area contributed by atoms with Crippen LogP contribution in [0.1, 0.15) is 28.9 Å². The SMILES string of the molecule is CC1OC(OC2C(=O)c3c(O)cc(O)cc3OC2c2ccc(O)c(O)c2)C(O)C(O)C1OC1OC(CO)C(O)C(O)C1O. The number of ether oxygens (including phenoxy) is 5. The normalized spacial score (nSPS) is 37.9. The van der Waals surface area contributed by atoms with Gasteiger partial charge in [0.05, 0.1) is 12.7 Å². The summed E-state index contributed by atoms with van der Waals surface area (Å²) >= 11 is 0. The molecule has 0 spiro atoms. The van der Waals surface area contributed by atoms with Gasteiger partial charge in [-0.25, -0.2) is 0 Å². The van der Waals surface area contributed by atoms with Crippen molar-refractivity contribution in [2.75, 3.05) is 6.61 Å². The number of aliphatic hydroxyl groups is 6. The highest BCUT2D eigenvalue weighted by molar-refractivity contribution is 6.05. The molecule has 2 saturated heterocycles. The van der Waals surface area contributed by atoms with Gasteiger partial charge in [-0.3, -0.25) is 4.79 Å². The summed E-state index contributed by atoms with van der Waals surface area (Å²) in [5.41, 5.74) is -0.241. The number of ketones is 1. The van der Waals surface area contributed by atoms with Crippen molar-refractivity contribution in [1.29, 1.82) is 0 Å². The topological polar surface area (TPSA) is 266 Å². The predicted octanol–water partition coefficient (Wildman–Crippen LogP) is -2.14. The molecule has 2 fully saturated rings. The average Bonchev–Trinajstić information content (AvgIpc) is 2.96. The zero-order valence-electron chi connectivity index (χ0n) is 22.4. The number of aliphatic hydroxyl groups excluding tert-OH is 6. The van der Waals surface area contributed by atoms with Gasteiger partial charge in [-0.15, -0.1) is 0 Å². The molecular formula is C27H32O16. The van der Waals surface area contributed by atoms with Crippen molar-refractivity contribution in [2.45, 2.75) is 80.5 Å². The maximum absolute atomic E-state index is 13.6. The Hall–Kier alpha value is -3.29. The van der Waals surface area contributed by atoms with Crippen molar-refractivity contribution in [2.24, 2.45) is 0 Å². The van der Waals surface area contributed by atoms with Crippen LogP contribution in [0.3, 0.4) is 0 Å². The largest absolute Gasteiger partial charge is 0.508 e. The molecule has 2 aromatic rings. The summed E-state index contributed by atoms with van der Waals surface area (Å²) in [6, 6.07) is 5.52. The highest BCUT2D eigenvalue weighted by Crippen LogP contribution is 2.44. The van der Waals surface area contributed by atoms with Crippen LogP contribution in [0, 0.1) is 0 Å². The van der Waals surface area contributed by atoms with Gasteiger partial charge in [0.2, 0.25) is 5.78 Å². The Morgan fingerprint density at radius 1 is 0.767 bits per heavy atom. The number of hydrogen-bond donors (Lipinski definition) is 10. The molecule has 3 heterocycles. The van der Waals surface area contributed by atoms with E-state index in [4.69, 9.17) is 23.7 Å². The van der Waals surface area contributed by atoms with E-state index in [0.29, 0.717) is 0 Å². The van der Waals surface area contributed by atoms with Gasteiger partial charge in [-0.1, -0.05) is 6.07 Å². The second-order valence-corrected chi connectivity index (χ2v) is 10.5. The number of fused-ring (bicyclic) bond motifs is 1. The molecular weight excluding hydrogens is 580 g/mol. The Morgan fingerprint density at radius 3 is 2.12 bits per heavy atom. The number of carbonyl (C=O) groups excluding carboxylic acids is 1. The summed E-state index contributed by atoms with van der Waals surface area (Å²) < 4.78 is 28.3. The van der Waals surface area contributed by atoms with E-state index in [2.05, 4.69) is 0 Å². The van der Waals surface area contributed by atoms with Gasteiger partial charge < -0.3 is 74.7 Å². The van der Waals surface area contributed by atoms with Gasteiger partial charge in [-0.2, -0.15) is 0 Å². The molecule has 0 saturated carbocycles. The van der Waals surface area contributed by atoms with Gasteiger partial charge in [0.1, 0.15) is 65.5 Å². The Morgan fingerprint density at radius 2 is 1.44 bits per heavy atom. The first-order valence-corrected chi connectivity index (χ1v) is 13.2. The number of carbonyl (C=O) groups is 1. The molecule has 10 N–H and O–H groups in total. The van der Waals surface area contributed by atoms with Crippen molar-refractivity contribution in [3.05, 3.63) is 41.5 Å². The summed E-state index contributed by atoms with van der Waals surface area (Å²) in [5.74, 6) is -3.15. The second-order valence-electron chi connectivity index (χ2n) is 10.5. The van der Waals surface area contributed by atoms with Crippen molar-refractivity contribution < 1.29 is 79.5 Å². The Balaban J connectivity index is 1.39. The minimum atomic E-state index is -1.90. The van der Waals surface area contributed by atoms with Crippen molar-refractivity contribution >= 4 is 5.78 Å². The Kier molecular flexibility index (Phi) is 8.70. The van der Waals surface area contributed by atoms with Crippen molar-refractivity contribution in [3.63, 3.8) is 0 Å². The molecule has 0 bridgehead atoms. The zero-order chi connectivity index (χ0) is 31.3. The van der Waals surface area contributed by atoms with Crippen LogP contribution in [0.4, 0.5) is 0 Å². The fourth-order valence-electron chi connectivity index (χ4n) is 5.28. The maximum atomic E-state index is 13.6. The summed E-state index contributed by atoms with van der Waals surface area (Å²) in [7, 11) is 0. The Bertz CT molecular complexity index is 1330. The summed E-state index contributed by atoms with van der Waals surface area (Å²) in [6.45, 7) is 0.678. The van der Waals surface area contributed by atoms with Gasteiger partial charge in [-0.05, 0) is 24.6 Å². The van der Waals surface area contributed by atoms with Crippen molar-refractivity contribution in [1.82, 2.24) is 0 Å². The average molecular weight is 613 g/mol. The lowest BCUT2D eigenvalue weighted by molar-refractivity contribution is -0.358. The molecule has 12 atom stereocenters. The molecule has 16 nitrogen and oxygen atoms in total. The number of aromatic hydroxyl groups is 4. The quantitative estimate of drug-likeness (QED) is 0.156. The number of hydrogen-bond acceptors (Lipinski definition) is 16. The summed E-state index contributed by atoms with van der Waals surface area (Å²) in [4.78, 5) is 13.6. The van der Waals surface area contributed by atoms with Crippen LogP contribution in [-0.4, -0.2) is 131 Å². The van der Waals surface area contributed by atoms with Crippen LogP contribution in [0.15, 0.2) is 30.3 Å². The third-order valence-corrected chi connectivity index (χ3v) is 7.63. The van der Waals surface area contributed by atoms with E-state index >= 15 is 0 Å². The fourth-order valence-corrected chi connectivity index (χ4v) is 5.28. The Labute approximate surface area is 243 Å². The third-order valence-electron chi connectivity index (χ3n) is 7.63. The maximum Gasteiger partial charge on any atom is 0.203 e. The number of phenolic OH excluding ortho intramolecular Hbond substituents is 4. The molecule has 236 valence electrons. The number of Topliss-reactive ketones (excluding diaryl/α,β-unsaturated/α-hetero) is 1. The van der Waals surface area contributed by atoms with Gasteiger partial charge in [0, 0.05) is 12.1 Å². The zero-order valence-corrected chi connectivity index (χ0v) is 22.4. The van der Waals surface area contributed by atoms with Crippen LogP contribution < -0.4 is 4.74 Å². The van der Waals surface area contributed by atoms with Crippen molar-refractivity contribution in [3.8, 4) is 28.7 Å². The van der Waals surface area contributed by atoms with Crippen LogP contribution in [-0.2, 0) is 18.9 Å². The molecule has 16 heteroatoms. The summed E-state index contributed by atoms with van der Waals surface area (Å²) in [6.07, 6.45) is -19.1. The molecule has 0 aliphatic carbocycles. The van der Waals surface area contributed by atoms with Crippen LogP contribution in [0.5, 0.6) is 28.7 Å². The first kappa shape index (κ1) is 31.1. The minimum absolute atomic E-state index is 0.116. The standard InChI is InChI=1S/C27H32O16/c1-8-23(42-27-21(37)19(35)17(33)15(7-28)41-27)20(36)22(38)26(39-8)43-25-18(34)16-13(32)5-10(29)6-14(16)40-24(25)9-2-3-11(30)12(31)4-9/h2-6,8,15,17,19-33,35-38H,7H2,1H3. The smallest absolute Gasteiger partial charge is 0.203 e. The van der Waals surface area contributed by atoms with E-state index in [1.807, 2.05) is 0 Å². The number of rotatable bonds is 6. The highest BCUT2D eigenvalue weighted by atomic mass is 16.7. The molecule has 0 amide bonds. The van der Waals surface area contributed by atoms with Gasteiger partial charge in [0.15, 0.2) is 36.3 Å². The van der Waals surface area contributed by atoms with E-state index < -0.39 is 109 Å². The molecule has 2 aromatic carbocycles. The summed E-state index contributed by atoms with van der Waals surface area (Å²) in [5, 5.41) is 102. The van der Waals surface area contributed by atoms with Gasteiger partial charge >= 0.3 is 0 Å². The molecule has 0 radical (unpaired) electrons. The first-order chi connectivity index (χ1) is 20.3. The molecule has 0 aromatic heterocycles. The lowest BCUT2D eigenvalue weighted by atomic mass is 9.92. The molecule has 43 heavy (non-hydrogen) atoms. The van der Waals surface area contributed by atoms with E-state index in [1.54, 1.807) is 0 Å². The second kappa shape index (κ2) is 12.0. The third kappa shape index (κ3) is 5.69. The predicted molar refractivity (Wildman–Crippen MR) is 137 cm³/mol. The molecule has 3 aliphatic heterocycles. The first-order valence-electron chi connectivity index (χ1n) is 13.2. The molecule has 12 unspecified atom stereocenters. The molecule has 3 aliphatic rings. The monoisotopic (exact) mass is 612 g/mol. The lowest BCUT2D eigenvalue weighted by Gasteiger charge is -2.46. The van der Waals surface area contributed by atoms with E-state index in [-0.39, 0.29) is 16.9 Å². The lowest BCUT2D eigenvalue weighted by Crippen LogP contribution is -2.64. The van der Waals surface area contributed by atoms with Crippen LogP contribution >= 0.6 is 0 Å². The van der Waals surface area contributed by atoms with E-state index in [9.17, 15) is 55.9 Å². The van der Waals surface area contributed by atoms with Crippen LogP contribution in [0.25, 0.3) is 0 Å². The van der Waals surface area contributed by atoms with E-state index in [0.717, 1.165) is 24.3 Å². The highest BCUT2D eigenvalue weighted by Gasteiger charge is 2.52. The number of phenols is 4.